The molecule has 27 heavy (non-hydrogen) atoms. The predicted molar refractivity (Wildman–Crippen MR) is 96.9 cm³/mol. The number of benzene rings is 1. The van der Waals surface area contributed by atoms with Gasteiger partial charge < -0.3 is 25.2 Å². The summed E-state index contributed by atoms with van der Waals surface area (Å²) in [6.45, 7) is 5.16. The van der Waals surface area contributed by atoms with E-state index in [9.17, 15) is 19.5 Å². The van der Waals surface area contributed by atoms with E-state index < -0.39 is 29.4 Å². The second-order valence-electron chi connectivity index (χ2n) is 7.43. The van der Waals surface area contributed by atoms with Crippen LogP contribution in [0.2, 0.25) is 0 Å². The van der Waals surface area contributed by atoms with Crippen LogP contribution in [0.15, 0.2) is 12.1 Å². The molecule has 2 amide bonds. The van der Waals surface area contributed by atoms with Crippen LogP contribution in [0.25, 0.3) is 0 Å². The maximum atomic E-state index is 12.9. The standard InChI is InChI=1S/C19H26N2O6/c1-19(2,3)27-14(23)8-7-13(17(20)24)21-9-11-5-6-12(10-22)16(26-4)15(11)18(21)25/h5-6,13,22H,7-10H2,1-4H3,(H2,20,24)/t13-/m0/s1. The van der Waals surface area contributed by atoms with Crippen LogP contribution in [-0.2, 0) is 27.5 Å². The lowest BCUT2D eigenvalue weighted by Gasteiger charge is -2.26. The highest BCUT2D eigenvalue weighted by atomic mass is 16.6. The summed E-state index contributed by atoms with van der Waals surface area (Å²) >= 11 is 0. The molecule has 2 rings (SSSR count). The first-order valence-electron chi connectivity index (χ1n) is 8.70. The number of nitrogens with zero attached hydrogens (tertiary/aromatic N) is 1. The SMILES string of the molecule is COc1c(CO)ccc2c1C(=O)N([C@@H](CCC(=O)OC(C)(C)C)C(N)=O)C2. The van der Waals surface area contributed by atoms with Gasteiger partial charge >= 0.3 is 5.97 Å². The van der Waals surface area contributed by atoms with Crippen molar-refractivity contribution in [3.05, 3.63) is 28.8 Å². The molecule has 0 aliphatic carbocycles. The zero-order valence-corrected chi connectivity index (χ0v) is 16.1. The molecule has 0 spiro atoms. The topological polar surface area (TPSA) is 119 Å². The predicted octanol–water partition coefficient (Wildman–Crippen LogP) is 1.12. The maximum absolute atomic E-state index is 12.9. The molecule has 1 aromatic carbocycles. The maximum Gasteiger partial charge on any atom is 0.306 e. The van der Waals surface area contributed by atoms with E-state index in [1.807, 2.05) is 0 Å². The van der Waals surface area contributed by atoms with Crippen molar-refractivity contribution in [2.24, 2.45) is 5.73 Å². The fourth-order valence-electron chi connectivity index (χ4n) is 3.14. The Morgan fingerprint density at radius 2 is 2.00 bits per heavy atom. The van der Waals surface area contributed by atoms with Crippen LogP contribution in [0.5, 0.6) is 5.75 Å². The van der Waals surface area contributed by atoms with Gasteiger partial charge in [0, 0.05) is 18.5 Å². The molecule has 0 radical (unpaired) electrons. The molecule has 0 saturated heterocycles. The lowest BCUT2D eigenvalue weighted by molar-refractivity contribution is -0.155. The minimum absolute atomic E-state index is 0.0377. The highest BCUT2D eigenvalue weighted by molar-refractivity contribution is 6.03. The number of hydrogen-bond donors (Lipinski definition) is 2. The van der Waals surface area contributed by atoms with Crippen molar-refractivity contribution in [3.63, 3.8) is 0 Å². The summed E-state index contributed by atoms with van der Waals surface area (Å²) in [5.41, 5.74) is 6.34. The summed E-state index contributed by atoms with van der Waals surface area (Å²) in [4.78, 5) is 38.2. The van der Waals surface area contributed by atoms with Crippen molar-refractivity contribution in [1.29, 1.82) is 0 Å². The van der Waals surface area contributed by atoms with E-state index in [1.165, 1.54) is 12.0 Å². The number of ether oxygens (including phenoxy) is 2. The largest absolute Gasteiger partial charge is 0.496 e. The van der Waals surface area contributed by atoms with E-state index >= 15 is 0 Å². The molecule has 8 nitrogen and oxygen atoms in total. The van der Waals surface area contributed by atoms with Crippen LogP contribution in [0.4, 0.5) is 0 Å². The number of nitrogens with two attached hydrogens (primary N) is 1. The molecule has 1 aliphatic heterocycles. The number of fused-ring (bicyclic) bond motifs is 1. The summed E-state index contributed by atoms with van der Waals surface area (Å²) in [5.74, 6) is -1.28. The first kappa shape index (κ1) is 20.7. The molecule has 148 valence electrons. The van der Waals surface area contributed by atoms with E-state index in [0.717, 1.165) is 0 Å². The lowest BCUT2D eigenvalue weighted by atomic mass is 10.0. The molecular weight excluding hydrogens is 352 g/mol. The van der Waals surface area contributed by atoms with Crippen molar-refractivity contribution in [1.82, 2.24) is 4.90 Å². The van der Waals surface area contributed by atoms with Gasteiger partial charge in [0.2, 0.25) is 5.91 Å². The van der Waals surface area contributed by atoms with Gasteiger partial charge in [0.15, 0.2) is 0 Å². The number of primary amides is 1. The monoisotopic (exact) mass is 378 g/mol. The van der Waals surface area contributed by atoms with Gasteiger partial charge in [-0.1, -0.05) is 12.1 Å². The molecule has 0 saturated carbocycles. The van der Waals surface area contributed by atoms with E-state index in [1.54, 1.807) is 32.9 Å². The third kappa shape index (κ3) is 4.57. The molecule has 1 aromatic rings. The zero-order chi connectivity index (χ0) is 20.4. The Bertz CT molecular complexity index is 753. The third-order valence-electron chi connectivity index (χ3n) is 4.26. The number of hydrogen-bond acceptors (Lipinski definition) is 6. The molecule has 1 atom stereocenters. The Hall–Kier alpha value is -2.61. The fraction of sp³-hybridized carbons (Fsp3) is 0.526. The minimum Gasteiger partial charge on any atom is -0.496 e. The highest BCUT2D eigenvalue weighted by Crippen LogP contribution is 2.35. The second kappa shape index (κ2) is 7.96. The number of carbonyl (C=O) groups is 3. The zero-order valence-electron chi connectivity index (χ0n) is 16.1. The van der Waals surface area contributed by atoms with Crippen molar-refractivity contribution in [3.8, 4) is 5.75 Å². The lowest BCUT2D eigenvalue weighted by Crippen LogP contribution is -2.45. The van der Waals surface area contributed by atoms with Crippen molar-refractivity contribution < 1.29 is 29.0 Å². The van der Waals surface area contributed by atoms with Crippen molar-refractivity contribution >= 4 is 17.8 Å². The summed E-state index contributed by atoms with van der Waals surface area (Å²) in [7, 11) is 1.42. The minimum atomic E-state index is -0.945. The van der Waals surface area contributed by atoms with Gasteiger partial charge in [-0.05, 0) is 32.8 Å². The average molecular weight is 378 g/mol. The van der Waals surface area contributed by atoms with E-state index in [0.29, 0.717) is 16.7 Å². The summed E-state index contributed by atoms with van der Waals surface area (Å²) in [6, 6.07) is 2.45. The Labute approximate surface area is 158 Å². The van der Waals surface area contributed by atoms with Crippen LogP contribution in [0, 0.1) is 0 Å². The fourth-order valence-corrected chi connectivity index (χ4v) is 3.14. The van der Waals surface area contributed by atoms with Crippen molar-refractivity contribution in [2.75, 3.05) is 7.11 Å². The van der Waals surface area contributed by atoms with Crippen LogP contribution >= 0.6 is 0 Å². The second-order valence-corrected chi connectivity index (χ2v) is 7.43. The van der Waals surface area contributed by atoms with Gasteiger partial charge in [0.25, 0.3) is 5.91 Å². The molecule has 0 unspecified atom stereocenters. The van der Waals surface area contributed by atoms with Crippen LogP contribution in [0.3, 0.4) is 0 Å². The Morgan fingerprint density at radius 3 is 2.52 bits per heavy atom. The molecule has 3 N–H and O–H groups in total. The number of esters is 1. The van der Waals surface area contributed by atoms with Crippen LogP contribution < -0.4 is 10.5 Å². The Kier molecular flexibility index (Phi) is 6.10. The van der Waals surface area contributed by atoms with Crippen LogP contribution in [-0.4, -0.2) is 46.5 Å². The third-order valence-corrected chi connectivity index (χ3v) is 4.26. The van der Waals surface area contributed by atoms with Gasteiger partial charge in [-0.25, -0.2) is 0 Å². The van der Waals surface area contributed by atoms with Gasteiger partial charge in [-0.2, -0.15) is 0 Å². The molecule has 0 fully saturated rings. The number of rotatable bonds is 7. The van der Waals surface area contributed by atoms with E-state index in [-0.39, 0.29) is 31.7 Å². The average Bonchev–Trinajstić information content (AvgIpc) is 2.89. The smallest absolute Gasteiger partial charge is 0.306 e. The van der Waals surface area contributed by atoms with Gasteiger partial charge in [0.05, 0.1) is 19.3 Å². The first-order valence-corrected chi connectivity index (χ1v) is 8.70. The molecule has 8 heteroatoms. The van der Waals surface area contributed by atoms with E-state index in [2.05, 4.69) is 0 Å². The number of methoxy groups -OCH3 is 1. The highest BCUT2D eigenvalue weighted by Gasteiger charge is 2.38. The molecule has 1 aliphatic rings. The van der Waals surface area contributed by atoms with E-state index in [4.69, 9.17) is 15.2 Å². The summed E-state index contributed by atoms with van der Waals surface area (Å²) in [5, 5.41) is 9.44. The number of carbonyl (C=O) groups excluding carboxylic acids is 3. The molecule has 1 heterocycles. The first-order chi connectivity index (χ1) is 12.6. The number of aliphatic hydroxyl groups is 1. The van der Waals surface area contributed by atoms with Crippen LogP contribution in [0.1, 0.15) is 55.1 Å². The molecule has 0 aromatic heterocycles. The number of aliphatic hydroxyl groups excluding tert-OH is 1. The Balaban J connectivity index is 2.21. The quantitative estimate of drug-likeness (QED) is 0.686. The number of amides is 2. The van der Waals surface area contributed by atoms with Gasteiger partial charge in [-0.15, -0.1) is 0 Å². The van der Waals surface area contributed by atoms with Gasteiger partial charge in [0.1, 0.15) is 17.4 Å². The summed E-state index contributed by atoms with van der Waals surface area (Å²) in [6.07, 6.45) is 0.0309. The van der Waals surface area contributed by atoms with Crippen molar-refractivity contribution in [2.45, 2.75) is 58.4 Å². The normalized spacial score (nSPS) is 14.7. The molecular formula is C19H26N2O6. The molecule has 0 bridgehead atoms. The Morgan fingerprint density at radius 1 is 1.33 bits per heavy atom. The summed E-state index contributed by atoms with van der Waals surface area (Å²) < 4.78 is 10.5. The van der Waals surface area contributed by atoms with Gasteiger partial charge in [-0.3, -0.25) is 14.4 Å².